The van der Waals surface area contributed by atoms with Gasteiger partial charge in [-0.2, -0.15) is 0 Å². The van der Waals surface area contributed by atoms with Crippen molar-refractivity contribution in [2.45, 2.75) is 39.0 Å². The lowest BCUT2D eigenvalue weighted by molar-refractivity contribution is -0.126. The van der Waals surface area contributed by atoms with E-state index in [4.69, 9.17) is 9.47 Å². The Labute approximate surface area is 139 Å². The summed E-state index contributed by atoms with van der Waals surface area (Å²) in [7, 11) is 0. The molecule has 0 aromatic heterocycles. The van der Waals surface area contributed by atoms with Gasteiger partial charge >= 0.3 is 0 Å². The van der Waals surface area contributed by atoms with Gasteiger partial charge in [-0.15, -0.1) is 0 Å². The molecule has 1 aliphatic heterocycles. The van der Waals surface area contributed by atoms with E-state index in [9.17, 15) is 4.79 Å². The smallest absolute Gasteiger partial charge is 0.222 e. The number of benzene rings is 1. The SMILES string of the molecule is CC(C)N1CCOC(CC(=O)NCCOCc2ccccc2)C1. The number of carbonyl (C=O) groups excluding carboxylic acids is 1. The van der Waals surface area contributed by atoms with Gasteiger partial charge in [0.25, 0.3) is 0 Å². The molecular weight excluding hydrogens is 292 g/mol. The molecule has 0 saturated carbocycles. The number of hydrogen-bond donors (Lipinski definition) is 1. The largest absolute Gasteiger partial charge is 0.375 e. The van der Waals surface area contributed by atoms with Gasteiger partial charge in [-0.05, 0) is 19.4 Å². The van der Waals surface area contributed by atoms with Crippen LogP contribution in [0.1, 0.15) is 25.8 Å². The summed E-state index contributed by atoms with van der Waals surface area (Å²) in [4.78, 5) is 14.3. The maximum atomic E-state index is 12.0. The first-order chi connectivity index (χ1) is 11.1. The van der Waals surface area contributed by atoms with Gasteiger partial charge in [-0.1, -0.05) is 30.3 Å². The molecule has 1 heterocycles. The highest BCUT2D eigenvalue weighted by Gasteiger charge is 2.24. The average molecular weight is 320 g/mol. The fourth-order valence-electron chi connectivity index (χ4n) is 2.64. The number of carbonyl (C=O) groups is 1. The van der Waals surface area contributed by atoms with Crippen LogP contribution in [0.4, 0.5) is 0 Å². The van der Waals surface area contributed by atoms with Gasteiger partial charge in [-0.3, -0.25) is 9.69 Å². The minimum atomic E-state index is -0.00335. The second kappa shape index (κ2) is 9.65. The molecule has 1 amide bonds. The maximum Gasteiger partial charge on any atom is 0.222 e. The molecule has 23 heavy (non-hydrogen) atoms. The highest BCUT2D eigenvalue weighted by molar-refractivity contribution is 5.76. The first-order valence-corrected chi connectivity index (χ1v) is 8.39. The van der Waals surface area contributed by atoms with Crippen molar-refractivity contribution in [3.05, 3.63) is 35.9 Å². The van der Waals surface area contributed by atoms with Crippen LogP contribution in [0.5, 0.6) is 0 Å². The summed E-state index contributed by atoms with van der Waals surface area (Å²) in [5, 5.41) is 2.90. The van der Waals surface area contributed by atoms with Crippen molar-refractivity contribution in [1.29, 1.82) is 0 Å². The molecular formula is C18H28N2O3. The number of amides is 1. The third-order valence-corrected chi connectivity index (χ3v) is 3.99. The van der Waals surface area contributed by atoms with Crippen LogP contribution < -0.4 is 5.32 Å². The van der Waals surface area contributed by atoms with Crippen LogP contribution >= 0.6 is 0 Å². The van der Waals surface area contributed by atoms with Crippen LogP contribution in [0.15, 0.2) is 30.3 Å². The number of ether oxygens (including phenoxy) is 2. The Morgan fingerprint density at radius 1 is 1.39 bits per heavy atom. The lowest BCUT2D eigenvalue weighted by atomic mass is 10.1. The normalized spacial score (nSPS) is 19.0. The fraction of sp³-hybridized carbons (Fsp3) is 0.611. The molecule has 1 aliphatic rings. The van der Waals surface area contributed by atoms with Crippen molar-refractivity contribution in [3.63, 3.8) is 0 Å². The topological polar surface area (TPSA) is 50.8 Å². The zero-order valence-corrected chi connectivity index (χ0v) is 14.2. The van der Waals surface area contributed by atoms with E-state index in [-0.39, 0.29) is 12.0 Å². The number of rotatable bonds is 8. The third-order valence-electron chi connectivity index (χ3n) is 3.99. The van der Waals surface area contributed by atoms with Crippen molar-refractivity contribution in [2.75, 3.05) is 32.8 Å². The Kier molecular flexibility index (Phi) is 7.52. The van der Waals surface area contributed by atoms with Crippen LogP contribution in [-0.4, -0.2) is 55.8 Å². The van der Waals surface area contributed by atoms with E-state index < -0.39 is 0 Å². The monoisotopic (exact) mass is 320 g/mol. The summed E-state index contributed by atoms with van der Waals surface area (Å²) in [6, 6.07) is 10.5. The molecule has 128 valence electrons. The van der Waals surface area contributed by atoms with Crippen LogP contribution in [0.25, 0.3) is 0 Å². The fourth-order valence-corrected chi connectivity index (χ4v) is 2.64. The molecule has 1 aromatic carbocycles. The van der Waals surface area contributed by atoms with E-state index in [1.807, 2.05) is 30.3 Å². The van der Waals surface area contributed by atoms with Gasteiger partial charge in [0.2, 0.25) is 5.91 Å². The summed E-state index contributed by atoms with van der Waals surface area (Å²) < 4.78 is 11.2. The van der Waals surface area contributed by atoms with E-state index in [0.717, 1.165) is 18.7 Å². The lowest BCUT2D eigenvalue weighted by Gasteiger charge is -2.35. The van der Waals surface area contributed by atoms with Crippen LogP contribution in [0.3, 0.4) is 0 Å². The van der Waals surface area contributed by atoms with Crippen LogP contribution in [-0.2, 0) is 20.9 Å². The summed E-state index contributed by atoms with van der Waals surface area (Å²) in [6.07, 6.45) is 0.415. The third kappa shape index (κ3) is 6.69. The van der Waals surface area contributed by atoms with E-state index in [1.54, 1.807) is 0 Å². The number of morpholine rings is 1. The van der Waals surface area contributed by atoms with E-state index >= 15 is 0 Å². The van der Waals surface area contributed by atoms with Gasteiger partial charge < -0.3 is 14.8 Å². The zero-order chi connectivity index (χ0) is 16.5. The molecule has 1 N–H and O–H groups in total. The highest BCUT2D eigenvalue weighted by atomic mass is 16.5. The summed E-state index contributed by atoms with van der Waals surface area (Å²) >= 11 is 0. The van der Waals surface area contributed by atoms with Crippen molar-refractivity contribution < 1.29 is 14.3 Å². The Morgan fingerprint density at radius 3 is 2.91 bits per heavy atom. The summed E-state index contributed by atoms with van der Waals surface area (Å²) in [5.74, 6) is 0.0314. The van der Waals surface area contributed by atoms with E-state index in [1.165, 1.54) is 0 Å². The predicted molar refractivity (Wildman–Crippen MR) is 90.2 cm³/mol. The molecule has 5 heteroatoms. The van der Waals surface area contributed by atoms with Crippen LogP contribution in [0.2, 0.25) is 0 Å². The second-order valence-corrected chi connectivity index (χ2v) is 6.17. The molecule has 1 atom stereocenters. The van der Waals surface area contributed by atoms with Crippen molar-refractivity contribution in [3.8, 4) is 0 Å². The molecule has 1 unspecified atom stereocenters. The van der Waals surface area contributed by atoms with Gasteiger partial charge in [-0.25, -0.2) is 0 Å². The second-order valence-electron chi connectivity index (χ2n) is 6.17. The molecule has 1 aromatic rings. The molecule has 0 bridgehead atoms. The quantitative estimate of drug-likeness (QED) is 0.742. The Bertz CT molecular complexity index is 465. The Morgan fingerprint density at radius 2 is 2.17 bits per heavy atom. The predicted octanol–water partition coefficient (Wildman–Crippen LogP) is 1.82. The lowest BCUT2D eigenvalue weighted by Crippen LogP contribution is -2.47. The maximum absolute atomic E-state index is 12.0. The molecule has 0 radical (unpaired) electrons. The highest BCUT2D eigenvalue weighted by Crippen LogP contribution is 2.11. The Balaban J connectivity index is 1.56. The number of nitrogens with one attached hydrogen (secondary N) is 1. The van der Waals surface area contributed by atoms with E-state index in [0.29, 0.717) is 38.8 Å². The first-order valence-electron chi connectivity index (χ1n) is 8.39. The molecule has 2 rings (SSSR count). The van der Waals surface area contributed by atoms with Gasteiger partial charge in [0, 0.05) is 25.7 Å². The van der Waals surface area contributed by atoms with E-state index in [2.05, 4.69) is 24.1 Å². The Hall–Kier alpha value is -1.43. The minimum Gasteiger partial charge on any atom is -0.375 e. The van der Waals surface area contributed by atoms with Gasteiger partial charge in [0.1, 0.15) is 0 Å². The molecule has 0 aliphatic carbocycles. The zero-order valence-electron chi connectivity index (χ0n) is 14.2. The minimum absolute atomic E-state index is 0.00335. The van der Waals surface area contributed by atoms with Crippen molar-refractivity contribution >= 4 is 5.91 Å². The number of hydrogen-bond acceptors (Lipinski definition) is 4. The number of nitrogens with zero attached hydrogens (tertiary/aromatic N) is 1. The van der Waals surface area contributed by atoms with Gasteiger partial charge in [0.15, 0.2) is 0 Å². The summed E-state index contributed by atoms with van der Waals surface area (Å²) in [5.41, 5.74) is 1.14. The van der Waals surface area contributed by atoms with Crippen molar-refractivity contribution in [1.82, 2.24) is 10.2 Å². The van der Waals surface area contributed by atoms with Gasteiger partial charge in [0.05, 0.1) is 32.3 Å². The van der Waals surface area contributed by atoms with Crippen molar-refractivity contribution in [2.24, 2.45) is 0 Å². The standard InChI is InChI=1S/C18H28N2O3/c1-15(2)20-9-11-23-17(13-20)12-18(21)19-8-10-22-14-16-6-4-3-5-7-16/h3-7,15,17H,8-14H2,1-2H3,(H,19,21). The first kappa shape index (κ1) is 17.9. The molecule has 0 spiro atoms. The average Bonchev–Trinajstić information content (AvgIpc) is 2.55. The molecule has 1 saturated heterocycles. The molecule has 1 fully saturated rings. The summed E-state index contributed by atoms with van der Waals surface area (Å²) in [6.45, 7) is 8.45. The van der Waals surface area contributed by atoms with Crippen LogP contribution in [0, 0.1) is 0 Å². The molecule has 5 nitrogen and oxygen atoms in total.